The van der Waals surface area contributed by atoms with Crippen LogP contribution >= 0.6 is 11.3 Å². The van der Waals surface area contributed by atoms with Crippen molar-refractivity contribution in [1.82, 2.24) is 10.2 Å². The Morgan fingerprint density at radius 2 is 1.92 bits per heavy atom. The van der Waals surface area contributed by atoms with Gasteiger partial charge in [-0.15, -0.1) is 11.3 Å². The van der Waals surface area contributed by atoms with E-state index in [0.717, 1.165) is 22.9 Å². The van der Waals surface area contributed by atoms with E-state index in [2.05, 4.69) is 5.32 Å². The number of hydrogen-bond acceptors (Lipinski definition) is 7. The molecular weight excluding hydrogens is 352 g/mol. The summed E-state index contributed by atoms with van der Waals surface area (Å²) in [6.45, 7) is 7.51. The van der Waals surface area contributed by atoms with Crippen molar-refractivity contribution < 1.29 is 19.1 Å². The molecule has 0 amide bonds. The van der Waals surface area contributed by atoms with Gasteiger partial charge >= 0.3 is 11.9 Å². The Hall–Kier alpha value is -2.28. The average molecular weight is 376 g/mol. The van der Waals surface area contributed by atoms with Gasteiger partial charge in [0.25, 0.3) is 0 Å². The second-order valence-electron chi connectivity index (χ2n) is 6.12. The number of ether oxygens (including phenoxy) is 2. The molecule has 1 N–H and O–H groups in total. The Balaban J connectivity index is 2.10. The lowest BCUT2D eigenvalue weighted by Crippen LogP contribution is -2.37. The molecule has 3 heterocycles. The van der Waals surface area contributed by atoms with Crippen LogP contribution in [0.2, 0.25) is 0 Å². The smallest absolute Gasteiger partial charge is 0.338 e. The number of fused-ring (bicyclic) bond motifs is 1. The van der Waals surface area contributed by atoms with Gasteiger partial charge in [-0.05, 0) is 38.6 Å². The van der Waals surface area contributed by atoms with Crippen molar-refractivity contribution in [2.45, 2.75) is 27.2 Å². The number of rotatable bonds is 6. The molecule has 1 saturated heterocycles. The standard InChI is InChI=1S/C19H24N2O4S/c1-4-24-18(22)15-12(3)21-9-8-20-17(21)16(19(23)25-5-2)14(15)11-13-7-6-10-26-13/h6-7,10,14,20H,4-5,8-9,11H2,1-3H3. The van der Waals surface area contributed by atoms with Gasteiger partial charge in [0.2, 0.25) is 0 Å². The Morgan fingerprint density at radius 3 is 2.54 bits per heavy atom. The highest BCUT2D eigenvalue weighted by molar-refractivity contribution is 7.09. The van der Waals surface area contributed by atoms with Crippen LogP contribution in [0.3, 0.4) is 0 Å². The van der Waals surface area contributed by atoms with E-state index in [0.29, 0.717) is 37.3 Å². The molecule has 7 heteroatoms. The second-order valence-corrected chi connectivity index (χ2v) is 7.15. The summed E-state index contributed by atoms with van der Waals surface area (Å²) in [7, 11) is 0. The predicted octanol–water partition coefficient (Wildman–Crippen LogP) is 2.44. The van der Waals surface area contributed by atoms with Gasteiger partial charge in [-0.3, -0.25) is 0 Å². The Bertz CT molecular complexity index is 752. The number of carbonyl (C=O) groups is 2. The first kappa shape index (κ1) is 18.5. The molecular formula is C19H24N2O4S. The van der Waals surface area contributed by atoms with Gasteiger partial charge in [0, 0.05) is 29.6 Å². The molecule has 0 aromatic carbocycles. The first-order valence-corrected chi connectivity index (χ1v) is 9.79. The number of nitrogens with one attached hydrogen (secondary N) is 1. The summed E-state index contributed by atoms with van der Waals surface area (Å²) in [5.41, 5.74) is 1.92. The summed E-state index contributed by atoms with van der Waals surface area (Å²) in [6.07, 6.45) is 0.566. The predicted molar refractivity (Wildman–Crippen MR) is 99.2 cm³/mol. The molecule has 1 aromatic heterocycles. The number of hydrogen-bond donors (Lipinski definition) is 1. The van der Waals surface area contributed by atoms with Crippen molar-refractivity contribution >= 4 is 23.3 Å². The highest BCUT2D eigenvalue weighted by atomic mass is 32.1. The number of nitrogens with zero attached hydrogens (tertiary/aromatic N) is 1. The fourth-order valence-corrected chi connectivity index (χ4v) is 4.31. The van der Waals surface area contributed by atoms with Crippen LogP contribution in [-0.2, 0) is 25.5 Å². The van der Waals surface area contributed by atoms with Crippen LogP contribution in [0.15, 0.2) is 40.2 Å². The fraction of sp³-hybridized carbons (Fsp3) is 0.474. The van der Waals surface area contributed by atoms with Gasteiger partial charge in [0.1, 0.15) is 5.82 Å². The zero-order valence-corrected chi connectivity index (χ0v) is 16.1. The van der Waals surface area contributed by atoms with Crippen LogP contribution in [0, 0.1) is 5.92 Å². The normalized spacial score (nSPS) is 19.3. The number of esters is 2. The SMILES string of the molecule is CCOC(=O)C1=C(C)N2CCNC2=C(C(=O)OCC)C1Cc1cccs1. The molecule has 0 saturated carbocycles. The lowest BCUT2D eigenvalue weighted by Gasteiger charge is -2.34. The third kappa shape index (κ3) is 3.35. The summed E-state index contributed by atoms with van der Waals surface area (Å²) < 4.78 is 10.7. The second kappa shape index (κ2) is 7.95. The minimum atomic E-state index is -0.386. The molecule has 0 spiro atoms. The molecule has 26 heavy (non-hydrogen) atoms. The molecule has 0 bridgehead atoms. The Kier molecular flexibility index (Phi) is 5.66. The van der Waals surface area contributed by atoms with Crippen LogP contribution in [0.1, 0.15) is 25.6 Å². The zero-order chi connectivity index (χ0) is 18.7. The van der Waals surface area contributed by atoms with E-state index >= 15 is 0 Å². The third-order valence-corrected chi connectivity index (χ3v) is 5.52. The molecule has 2 aliphatic rings. The maximum Gasteiger partial charge on any atom is 0.338 e. The van der Waals surface area contributed by atoms with Gasteiger partial charge < -0.3 is 19.7 Å². The van der Waals surface area contributed by atoms with Crippen molar-refractivity contribution in [2.75, 3.05) is 26.3 Å². The van der Waals surface area contributed by atoms with Gasteiger partial charge in [-0.2, -0.15) is 0 Å². The Labute approximate surface area is 157 Å². The maximum atomic E-state index is 12.8. The van der Waals surface area contributed by atoms with Gasteiger partial charge in [0.05, 0.1) is 24.4 Å². The molecule has 1 aromatic rings. The van der Waals surface area contributed by atoms with Crippen LogP contribution in [-0.4, -0.2) is 43.1 Å². The first-order chi connectivity index (χ1) is 12.6. The molecule has 140 valence electrons. The molecule has 0 radical (unpaired) electrons. The quantitative estimate of drug-likeness (QED) is 0.769. The summed E-state index contributed by atoms with van der Waals surface area (Å²) in [5.74, 6) is -0.365. The lowest BCUT2D eigenvalue weighted by molar-refractivity contribution is -0.140. The molecule has 1 fully saturated rings. The van der Waals surface area contributed by atoms with Gasteiger partial charge in [-0.1, -0.05) is 6.07 Å². The van der Waals surface area contributed by atoms with E-state index in [4.69, 9.17) is 9.47 Å². The zero-order valence-electron chi connectivity index (χ0n) is 15.3. The molecule has 1 atom stereocenters. The molecule has 1 unspecified atom stereocenters. The van der Waals surface area contributed by atoms with E-state index < -0.39 is 0 Å². The largest absolute Gasteiger partial charge is 0.463 e. The summed E-state index contributed by atoms with van der Waals surface area (Å²) in [4.78, 5) is 28.7. The minimum Gasteiger partial charge on any atom is -0.463 e. The highest BCUT2D eigenvalue weighted by Crippen LogP contribution is 2.39. The van der Waals surface area contributed by atoms with Crippen molar-refractivity contribution in [2.24, 2.45) is 5.92 Å². The molecule has 0 aliphatic carbocycles. The van der Waals surface area contributed by atoms with Crippen LogP contribution in [0.5, 0.6) is 0 Å². The van der Waals surface area contributed by atoms with E-state index in [1.54, 1.807) is 25.2 Å². The first-order valence-electron chi connectivity index (χ1n) is 8.91. The van der Waals surface area contributed by atoms with Crippen molar-refractivity contribution in [3.63, 3.8) is 0 Å². The van der Waals surface area contributed by atoms with Crippen molar-refractivity contribution in [3.05, 3.63) is 45.1 Å². The minimum absolute atomic E-state index is 0.290. The summed E-state index contributed by atoms with van der Waals surface area (Å²) in [6, 6.07) is 3.99. The Morgan fingerprint density at radius 1 is 1.23 bits per heavy atom. The lowest BCUT2D eigenvalue weighted by atomic mass is 9.83. The van der Waals surface area contributed by atoms with Crippen molar-refractivity contribution in [3.8, 4) is 0 Å². The van der Waals surface area contributed by atoms with E-state index in [1.165, 1.54) is 0 Å². The highest BCUT2D eigenvalue weighted by Gasteiger charge is 2.42. The van der Waals surface area contributed by atoms with Crippen LogP contribution in [0.4, 0.5) is 0 Å². The van der Waals surface area contributed by atoms with E-state index in [-0.39, 0.29) is 17.9 Å². The summed E-state index contributed by atoms with van der Waals surface area (Å²) >= 11 is 1.61. The number of thiophene rings is 1. The van der Waals surface area contributed by atoms with Gasteiger partial charge in [0.15, 0.2) is 0 Å². The topological polar surface area (TPSA) is 67.9 Å². The fourth-order valence-electron chi connectivity index (χ4n) is 3.56. The number of carbonyl (C=O) groups excluding carboxylic acids is 2. The molecule has 2 aliphatic heterocycles. The van der Waals surface area contributed by atoms with E-state index in [1.807, 2.05) is 29.3 Å². The molecule has 3 rings (SSSR count). The third-order valence-electron chi connectivity index (χ3n) is 4.62. The van der Waals surface area contributed by atoms with Gasteiger partial charge in [-0.25, -0.2) is 9.59 Å². The average Bonchev–Trinajstić information content (AvgIpc) is 3.27. The summed E-state index contributed by atoms with van der Waals surface area (Å²) in [5, 5.41) is 5.30. The molecule has 6 nitrogen and oxygen atoms in total. The maximum absolute atomic E-state index is 12.8. The van der Waals surface area contributed by atoms with Crippen LogP contribution < -0.4 is 5.32 Å². The van der Waals surface area contributed by atoms with E-state index in [9.17, 15) is 9.59 Å². The monoisotopic (exact) mass is 376 g/mol. The van der Waals surface area contributed by atoms with Crippen LogP contribution in [0.25, 0.3) is 0 Å². The van der Waals surface area contributed by atoms with Crippen molar-refractivity contribution in [1.29, 1.82) is 0 Å². The number of allylic oxidation sites excluding steroid dienone is 1.